The smallest absolute Gasteiger partial charge is 0.222 e. The number of likely N-dealkylation sites (tertiary alicyclic amines) is 1. The van der Waals surface area contributed by atoms with Crippen LogP contribution in [-0.4, -0.2) is 30.4 Å². The van der Waals surface area contributed by atoms with E-state index >= 15 is 0 Å². The molecule has 0 aromatic rings. The number of carbonyl (C=O) groups is 1. The Bertz CT molecular complexity index is 136. The lowest BCUT2D eigenvalue weighted by molar-refractivity contribution is -0.129. The molecule has 1 heterocycles. The van der Waals surface area contributed by atoms with Crippen molar-refractivity contribution < 1.29 is 4.79 Å². The van der Waals surface area contributed by atoms with Crippen LogP contribution in [0.3, 0.4) is 0 Å². The summed E-state index contributed by atoms with van der Waals surface area (Å²) in [5.41, 5.74) is 5.69. The van der Waals surface area contributed by atoms with Gasteiger partial charge in [0.1, 0.15) is 0 Å². The summed E-state index contributed by atoms with van der Waals surface area (Å²) in [6.45, 7) is 0.721. The first-order chi connectivity index (χ1) is 4.70. The van der Waals surface area contributed by atoms with Gasteiger partial charge in [-0.25, -0.2) is 0 Å². The van der Waals surface area contributed by atoms with Crippen LogP contribution in [0.25, 0.3) is 0 Å². The summed E-state index contributed by atoms with van der Waals surface area (Å²) < 4.78 is 0. The average molecular weight is 142 g/mol. The molecule has 0 aromatic heterocycles. The van der Waals surface area contributed by atoms with Gasteiger partial charge < -0.3 is 10.6 Å². The molecule has 1 saturated heterocycles. The van der Waals surface area contributed by atoms with Crippen molar-refractivity contribution in [1.82, 2.24) is 4.90 Å². The average Bonchev–Trinajstić information content (AvgIpc) is 1.96. The molecule has 1 amide bonds. The lowest BCUT2D eigenvalue weighted by atomic mass is 10.2. The molecule has 0 aliphatic carbocycles. The van der Waals surface area contributed by atoms with Gasteiger partial charge in [0.05, 0.1) is 0 Å². The predicted octanol–water partition coefficient (Wildman–Crippen LogP) is -0.0440. The number of rotatable bonds is 0. The van der Waals surface area contributed by atoms with Crippen LogP contribution < -0.4 is 5.73 Å². The number of nitrogens with zero attached hydrogens (tertiary/aromatic N) is 1. The Hall–Kier alpha value is -0.570. The van der Waals surface area contributed by atoms with E-state index in [2.05, 4.69) is 0 Å². The van der Waals surface area contributed by atoms with E-state index in [1.165, 1.54) is 0 Å². The van der Waals surface area contributed by atoms with Crippen molar-refractivity contribution in [3.63, 3.8) is 0 Å². The Labute approximate surface area is 61.2 Å². The lowest BCUT2D eigenvalue weighted by Crippen LogP contribution is -2.35. The van der Waals surface area contributed by atoms with Gasteiger partial charge in [-0.2, -0.15) is 0 Å². The van der Waals surface area contributed by atoms with E-state index < -0.39 is 0 Å². The maximum absolute atomic E-state index is 11.0. The maximum atomic E-state index is 11.0. The highest BCUT2D eigenvalue weighted by atomic mass is 16.2. The van der Waals surface area contributed by atoms with Crippen LogP contribution in [0.15, 0.2) is 0 Å². The van der Waals surface area contributed by atoms with Crippen molar-refractivity contribution in [1.29, 1.82) is 0 Å². The molecule has 10 heavy (non-hydrogen) atoms. The molecule has 3 nitrogen and oxygen atoms in total. The highest BCUT2D eigenvalue weighted by Gasteiger charge is 2.16. The van der Waals surface area contributed by atoms with Gasteiger partial charge in [-0.05, 0) is 12.8 Å². The van der Waals surface area contributed by atoms with Crippen molar-refractivity contribution >= 4 is 5.91 Å². The van der Waals surface area contributed by atoms with Crippen LogP contribution in [0, 0.1) is 0 Å². The number of amides is 1. The van der Waals surface area contributed by atoms with E-state index in [1.54, 1.807) is 4.90 Å². The standard InChI is InChI=1S/C7H14N2O/c1-9-5-6(8)3-2-4-7(9)10/h6H,2-5,8H2,1H3. The predicted molar refractivity (Wildman–Crippen MR) is 39.5 cm³/mol. The molecule has 0 bridgehead atoms. The Morgan fingerprint density at radius 1 is 1.70 bits per heavy atom. The molecule has 1 unspecified atom stereocenters. The molecule has 1 aliphatic heterocycles. The minimum atomic E-state index is 0.191. The molecule has 0 radical (unpaired) electrons. The molecule has 58 valence electrons. The third-order valence-electron chi connectivity index (χ3n) is 1.90. The molecule has 0 spiro atoms. The molecule has 0 saturated carbocycles. The third kappa shape index (κ3) is 1.70. The van der Waals surface area contributed by atoms with Crippen molar-refractivity contribution in [2.75, 3.05) is 13.6 Å². The van der Waals surface area contributed by atoms with Crippen molar-refractivity contribution in [2.24, 2.45) is 5.73 Å². The van der Waals surface area contributed by atoms with E-state index in [0.29, 0.717) is 6.42 Å². The fraction of sp³-hybridized carbons (Fsp3) is 0.857. The second-order valence-corrected chi connectivity index (χ2v) is 2.93. The minimum absolute atomic E-state index is 0.191. The molecule has 3 heteroatoms. The Balaban J connectivity index is 2.49. The van der Waals surface area contributed by atoms with Crippen LogP contribution >= 0.6 is 0 Å². The van der Waals surface area contributed by atoms with Gasteiger partial charge in [0.2, 0.25) is 5.91 Å². The van der Waals surface area contributed by atoms with E-state index in [-0.39, 0.29) is 11.9 Å². The first-order valence-corrected chi connectivity index (χ1v) is 3.69. The largest absolute Gasteiger partial charge is 0.344 e. The van der Waals surface area contributed by atoms with Gasteiger partial charge in [-0.3, -0.25) is 4.79 Å². The van der Waals surface area contributed by atoms with Crippen LogP contribution in [0.2, 0.25) is 0 Å². The van der Waals surface area contributed by atoms with Crippen LogP contribution in [0.5, 0.6) is 0 Å². The molecule has 1 aliphatic rings. The van der Waals surface area contributed by atoms with Crippen molar-refractivity contribution in [3.8, 4) is 0 Å². The Morgan fingerprint density at radius 2 is 2.40 bits per heavy atom. The molecule has 1 fully saturated rings. The number of hydrogen-bond donors (Lipinski definition) is 1. The van der Waals surface area contributed by atoms with E-state index in [9.17, 15) is 4.79 Å². The summed E-state index contributed by atoms with van der Waals surface area (Å²) in [5, 5.41) is 0. The SMILES string of the molecule is CN1CC(N)CCCC1=O. The Kier molecular flexibility index (Phi) is 2.27. The monoisotopic (exact) mass is 142 g/mol. The zero-order valence-corrected chi connectivity index (χ0v) is 6.34. The summed E-state index contributed by atoms with van der Waals surface area (Å²) in [6.07, 6.45) is 2.60. The first kappa shape index (κ1) is 7.54. The zero-order valence-electron chi connectivity index (χ0n) is 6.34. The van der Waals surface area contributed by atoms with Gasteiger partial charge in [-0.1, -0.05) is 0 Å². The van der Waals surface area contributed by atoms with Gasteiger partial charge in [0.15, 0.2) is 0 Å². The highest BCUT2D eigenvalue weighted by molar-refractivity contribution is 5.76. The van der Waals surface area contributed by atoms with Gasteiger partial charge in [0.25, 0.3) is 0 Å². The van der Waals surface area contributed by atoms with Gasteiger partial charge in [-0.15, -0.1) is 0 Å². The lowest BCUT2D eigenvalue weighted by Gasteiger charge is -2.16. The van der Waals surface area contributed by atoms with E-state index in [1.807, 2.05) is 7.05 Å². The quantitative estimate of drug-likeness (QED) is 0.515. The van der Waals surface area contributed by atoms with Crippen molar-refractivity contribution in [2.45, 2.75) is 25.3 Å². The minimum Gasteiger partial charge on any atom is -0.344 e. The fourth-order valence-electron chi connectivity index (χ4n) is 1.25. The summed E-state index contributed by atoms with van der Waals surface area (Å²) >= 11 is 0. The second-order valence-electron chi connectivity index (χ2n) is 2.93. The third-order valence-corrected chi connectivity index (χ3v) is 1.90. The number of carbonyl (C=O) groups excluding carboxylic acids is 1. The number of hydrogen-bond acceptors (Lipinski definition) is 2. The fourth-order valence-corrected chi connectivity index (χ4v) is 1.25. The number of nitrogens with two attached hydrogens (primary N) is 1. The van der Waals surface area contributed by atoms with Gasteiger partial charge >= 0.3 is 0 Å². The van der Waals surface area contributed by atoms with Crippen LogP contribution in [0.4, 0.5) is 0 Å². The topological polar surface area (TPSA) is 46.3 Å². The number of likely N-dealkylation sites (N-methyl/N-ethyl adjacent to an activating group) is 1. The molecule has 2 N–H and O–H groups in total. The van der Waals surface area contributed by atoms with Crippen LogP contribution in [-0.2, 0) is 4.79 Å². The zero-order chi connectivity index (χ0) is 7.56. The summed E-state index contributed by atoms with van der Waals surface area (Å²) in [4.78, 5) is 12.7. The molecular weight excluding hydrogens is 128 g/mol. The molecular formula is C7H14N2O. The second kappa shape index (κ2) is 3.01. The van der Waals surface area contributed by atoms with E-state index in [0.717, 1.165) is 19.4 Å². The van der Waals surface area contributed by atoms with E-state index in [4.69, 9.17) is 5.73 Å². The maximum Gasteiger partial charge on any atom is 0.222 e. The summed E-state index contributed by atoms with van der Waals surface area (Å²) in [7, 11) is 1.81. The molecule has 1 atom stereocenters. The highest BCUT2D eigenvalue weighted by Crippen LogP contribution is 2.07. The molecule has 1 rings (SSSR count). The van der Waals surface area contributed by atoms with Gasteiger partial charge in [0, 0.05) is 26.1 Å². The molecule has 0 aromatic carbocycles. The van der Waals surface area contributed by atoms with Crippen LogP contribution in [0.1, 0.15) is 19.3 Å². The Morgan fingerprint density at radius 3 is 3.10 bits per heavy atom. The summed E-state index contributed by atoms with van der Waals surface area (Å²) in [6, 6.07) is 0.191. The van der Waals surface area contributed by atoms with Crippen molar-refractivity contribution in [3.05, 3.63) is 0 Å². The normalized spacial score (nSPS) is 28.4. The first-order valence-electron chi connectivity index (χ1n) is 3.69. The summed E-state index contributed by atoms with van der Waals surface area (Å²) in [5.74, 6) is 0.230.